The number of thioether (sulfide) groups is 1. The topological polar surface area (TPSA) is 29.1 Å². The van der Waals surface area contributed by atoms with Crippen molar-refractivity contribution < 1.29 is 4.79 Å². The number of rotatable bonds is 6. The number of terminal acetylenes is 1. The van der Waals surface area contributed by atoms with Crippen LogP contribution >= 0.6 is 11.8 Å². The summed E-state index contributed by atoms with van der Waals surface area (Å²) >= 11 is 1.80. The lowest BCUT2D eigenvalue weighted by atomic mass is 9.49. The molecule has 0 radical (unpaired) electrons. The van der Waals surface area contributed by atoms with Crippen LogP contribution in [-0.2, 0) is 4.79 Å². The van der Waals surface area contributed by atoms with E-state index in [4.69, 9.17) is 6.42 Å². The van der Waals surface area contributed by atoms with Gasteiger partial charge in [-0.05, 0) is 80.8 Å². The molecule has 4 aliphatic rings. The molecule has 2 nitrogen and oxygen atoms in total. The standard InChI is InChI=1S/C18H27NOS/c1-3-5-19-17(20)13(2)21-6-4-18-10-14-7-15(11-18)9-16(8-14)12-18/h1,13-16H,4-12H2,2H3,(H,19,20). The SMILES string of the molecule is C#CCNC(=O)C(C)SCCC12CC3CC(CC(C3)C1)C2. The van der Waals surface area contributed by atoms with E-state index in [-0.39, 0.29) is 11.2 Å². The number of amides is 1. The van der Waals surface area contributed by atoms with Gasteiger partial charge >= 0.3 is 0 Å². The normalized spacial score (nSPS) is 38.0. The van der Waals surface area contributed by atoms with E-state index in [2.05, 4.69) is 11.2 Å². The molecule has 1 amide bonds. The van der Waals surface area contributed by atoms with Gasteiger partial charge in [-0.2, -0.15) is 0 Å². The molecule has 4 rings (SSSR count). The van der Waals surface area contributed by atoms with Gasteiger partial charge in [-0.1, -0.05) is 5.92 Å². The summed E-state index contributed by atoms with van der Waals surface area (Å²) in [6, 6.07) is 0. The Bertz CT molecular complexity index is 404. The summed E-state index contributed by atoms with van der Waals surface area (Å²) in [7, 11) is 0. The van der Waals surface area contributed by atoms with Crippen molar-refractivity contribution in [1.29, 1.82) is 0 Å². The van der Waals surface area contributed by atoms with Crippen LogP contribution in [0.25, 0.3) is 0 Å². The second-order valence-corrected chi connectivity index (χ2v) is 9.05. The van der Waals surface area contributed by atoms with E-state index >= 15 is 0 Å². The summed E-state index contributed by atoms with van der Waals surface area (Å²) in [5, 5.41) is 2.80. The number of hydrogen-bond donors (Lipinski definition) is 1. The van der Waals surface area contributed by atoms with Crippen molar-refractivity contribution in [3.8, 4) is 12.3 Å². The third-order valence-electron chi connectivity index (χ3n) is 5.90. The lowest BCUT2D eigenvalue weighted by Gasteiger charge is -2.57. The Labute approximate surface area is 133 Å². The highest BCUT2D eigenvalue weighted by Gasteiger charge is 2.50. The van der Waals surface area contributed by atoms with Gasteiger partial charge in [-0.3, -0.25) is 4.79 Å². The highest BCUT2D eigenvalue weighted by Crippen LogP contribution is 2.61. The fraction of sp³-hybridized carbons (Fsp3) is 0.833. The molecule has 4 bridgehead atoms. The van der Waals surface area contributed by atoms with Crippen LogP contribution in [0.15, 0.2) is 0 Å². The van der Waals surface area contributed by atoms with Crippen LogP contribution in [0, 0.1) is 35.5 Å². The molecule has 21 heavy (non-hydrogen) atoms. The van der Waals surface area contributed by atoms with E-state index in [0.29, 0.717) is 12.0 Å². The van der Waals surface area contributed by atoms with Gasteiger partial charge in [0, 0.05) is 0 Å². The van der Waals surface area contributed by atoms with Crippen LogP contribution < -0.4 is 5.32 Å². The Kier molecular flexibility index (Phi) is 4.54. The summed E-state index contributed by atoms with van der Waals surface area (Å²) in [6.07, 6.45) is 15.4. The molecule has 0 aromatic heterocycles. The molecule has 4 saturated carbocycles. The molecule has 0 aromatic rings. The number of carbonyl (C=O) groups is 1. The fourth-order valence-corrected chi connectivity index (χ4v) is 6.55. The van der Waals surface area contributed by atoms with Gasteiger partial charge < -0.3 is 5.32 Å². The van der Waals surface area contributed by atoms with Gasteiger partial charge in [0.1, 0.15) is 0 Å². The quantitative estimate of drug-likeness (QED) is 0.761. The molecule has 4 fully saturated rings. The first-order valence-electron chi connectivity index (χ1n) is 8.43. The molecule has 3 heteroatoms. The van der Waals surface area contributed by atoms with Crippen molar-refractivity contribution in [2.75, 3.05) is 12.3 Å². The summed E-state index contributed by atoms with van der Waals surface area (Å²) in [5.41, 5.74) is 0.636. The van der Waals surface area contributed by atoms with Crippen LogP contribution in [0.5, 0.6) is 0 Å². The molecule has 0 aromatic carbocycles. The lowest BCUT2D eigenvalue weighted by molar-refractivity contribution is -0.120. The molecule has 1 atom stereocenters. The minimum absolute atomic E-state index is 0.0206. The first-order valence-corrected chi connectivity index (χ1v) is 9.48. The van der Waals surface area contributed by atoms with Crippen LogP contribution in [0.2, 0.25) is 0 Å². The molecule has 1 unspecified atom stereocenters. The zero-order valence-electron chi connectivity index (χ0n) is 13.1. The number of hydrogen-bond acceptors (Lipinski definition) is 2. The zero-order valence-corrected chi connectivity index (χ0v) is 13.9. The maximum absolute atomic E-state index is 11.8. The van der Waals surface area contributed by atoms with Crippen LogP contribution in [-0.4, -0.2) is 23.5 Å². The van der Waals surface area contributed by atoms with E-state index in [1.807, 2.05) is 6.92 Å². The van der Waals surface area contributed by atoms with E-state index < -0.39 is 0 Å². The Hall–Kier alpha value is -0.620. The highest BCUT2D eigenvalue weighted by atomic mass is 32.2. The molecule has 0 heterocycles. The molecule has 0 saturated heterocycles. The van der Waals surface area contributed by atoms with Gasteiger partial charge in [0.05, 0.1) is 11.8 Å². The molecule has 1 N–H and O–H groups in total. The Morgan fingerprint density at radius 3 is 2.38 bits per heavy atom. The van der Waals surface area contributed by atoms with Crippen molar-refractivity contribution in [3.05, 3.63) is 0 Å². The van der Waals surface area contributed by atoms with Crippen molar-refractivity contribution in [2.24, 2.45) is 23.2 Å². The van der Waals surface area contributed by atoms with E-state index in [0.717, 1.165) is 23.5 Å². The predicted octanol–water partition coefficient (Wildman–Crippen LogP) is 3.46. The third kappa shape index (κ3) is 3.42. The zero-order chi connectivity index (χ0) is 14.9. The van der Waals surface area contributed by atoms with Crippen molar-refractivity contribution in [1.82, 2.24) is 5.32 Å². The predicted molar refractivity (Wildman–Crippen MR) is 89.0 cm³/mol. The highest BCUT2D eigenvalue weighted by molar-refractivity contribution is 8.00. The minimum Gasteiger partial charge on any atom is -0.344 e. The monoisotopic (exact) mass is 305 g/mol. The van der Waals surface area contributed by atoms with E-state index in [1.165, 1.54) is 44.9 Å². The maximum Gasteiger partial charge on any atom is 0.233 e. The summed E-state index contributed by atoms with van der Waals surface area (Å²) in [5.74, 6) is 6.74. The van der Waals surface area contributed by atoms with Gasteiger partial charge in [0.25, 0.3) is 0 Å². The Morgan fingerprint density at radius 1 is 1.29 bits per heavy atom. The Balaban J connectivity index is 1.45. The van der Waals surface area contributed by atoms with Crippen LogP contribution in [0.4, 0.5) is 0 Å². The van der Waals surface area contributed by atoms with Gasteiger partial charge in [-0.15, -0.1) is 18.2 Å². The summed E-state index contributed by atoms with van der Waals surface area (Å²) < 4.78 is 0. The van der Waals surface area contributed by atoms with Crippen molar-refractivity contribution >= 4 is 17.7 Å². The smallest absolute Gasteiger partial charge is 0.233 e. The van der Waals surface area contributed by atoms with Gasteiger partial charge in [0.15, 0.2) is 0 Å². The minimum atomic E-state index is 0.0206. The maximum atomic E-state index is 11.8. The second-order valence-electron chi connectivity index (χ2n) is 7.60. The largest absolute Gasteiger partial charge is 0.344 e. The van der Waals surface area contributed by atoms with E-state index in [1.54, 1.807) is 11.8 Å². The first kappa shape index (κ1) is 15.3. The molecular formula is C18H27NOS. The average molecular weight is 305 g/mol. The molecular weight excluding hydrogens is 278 g/mol. The first-order chi connectivity index (χ1) is 10.1. The van der Waals surface area contributed by atoms with Crippen LogP contribution in [0.1, 0.15) is 51.9 Å². The van der Waals surface area contributed by atoms with Crippen LogP contribution in [0.3, 0.4) is 0 Å². The van der Waals surface area contributed by atoms with Crippen molar-refractivity contribution in [2.45, 2.75) is 57.1 Å². The number of carbonyl (C=O) groups excluding carboxylic acids is 1. The molecule has 4 aliphatic carbocycles. The Morgan fingerprint density at radius 2 is 1.86 bits per heavy atom. The lowest BCUT2D eigenvalue weighted by Crippen LogP contribution is -2.46. The molecule has 0 aliphatic heterocycles. The second kappa shape index (κ2) is 6.24. The summed E-state index contributed by atoms with van der Waals surface area (Å²) in [6.45, 7) is 2.34. The van der Waals surface area contributed by atoms with Crippen molar-refractivity contribution in [3.63, 3.8) is 0 Å². The molecule has 0 spiro atoms. The fourth-order valence-electron chi connectivity index (χ4n) is 5.41. The third-order valence-corrected chi connectivity index (χ3v) is 7.05. The number of nitrogens with one attached hydrogen (secondary N) is 1. The molecule has 116 valence electrons. The average Bonchev–Trinajstić information content (AvgIpc) is 2.42. The van der Waals surface area contributed by atoms with E-state index in [9.17, 15) is 4.79 Å². The summed E-state index contributed by atoms with van der Waals surface area (Å²) in [4.78, 5) is 11.8. The van der Waals surface area contributed by atoms with Gasteiger partial charge in [0.2, 0.25) is 5.91 Å². The van der Waals surface area contributed by atoms with Gasteiger partial charge in [-0.25, -0.2) is 0 Å².